The molecular weight excluding hydrogens is 494 g/mol. The monoisotopic (exact) mass is 527 g/mol. The van der Waals surface area contributed by atoms with E-state index in [0.29, 0.717) is 17.0 Å². The zero-order chi connectivity index (χ0) is 27.6. The predicted molar refractivity (Wildman–Crippen MR) is 147 cm³/mol. The van der Waals surface area contributed by atoms with E-state index in [1.165, 1.54) is 0 Å². The number of nitrogens with zero attached hydrogens (tertiary/aromatic N) is 4. The highest BCUT2D eigenvalue weighted by atomic mass is 16.7. The summed E-state index contributed by atoms with van der Waals surface area (Å²) in [4.78, 5) is 29.6. The van der Waals surface area contributed by atoms with Gasteiger partial charge < -0.3 is 19.7 Å². The number of benzene rings is 3. The molecule has 1 aliphatic heterocycles. The molecule has 5 rings (SSSR count). The molecule has 1 unspecified atom stereocenters. The summed E-state index contributed by atoms with van der Waals surface area (Å²) in [6.07, 6.45) is 0.873. The van der Waals surface area contributed by atoms with Crippen LogP contribution in [0.5, 0.6) is 11.5 Å². The Kier molecular flexibility index (Phi) is 7.24. The predicted octanol–water partition coefficient (Wildman–Crippen LogP) is 4.41. The molecule has 1 atom stereocenters. The lowest BCUT2D eigenvalue weighted by atomic mass is 9.99. The van der Waals surface area contributed by atoms with E-state index in [4.69, 9.17) is 9.47 Å². The van der Waals surface area contributed by atoms with E-state index in [-0.39, 0.29) is 31.7 Å². The molecule has 39 heavy (non-hydrogen) atoms. The minimum absolute atomic E-state index is 0.0720. The van der Waals surface area contributed by atoms with Crippen molar-refractivity contribution in [2.75, 3.05) is 6.79 Å². The third kappa shape index (κ3) is 5.87. The average Bonchev–Trinajstić information content (AvgIpc) is 3.54. The zero-order valence-corrected chi connectivity index (χ0v) is 22.7. The Balaban J connectivity index is 1.56. The first-order chi connectivity index (χ1) is 18.7. The second kappa shape index (κ2) is 10.8. The molecular formula is C30H33N5O4. The van der Waals surface area contributed by atoms with Crippen LogP contribution in [0.25, 0.3) is 11.0 Å². The number of hydrogen-bond donors (Lipinski definition) is 1. The highest BCUT2D eigenvalue weighted by Crippen LogP contribution is 2.34. The van der Waals surface area contributed by atoms with Gasteiger partial charge in [0, 0.05) is 12.1 Å². The minimum atomic E-state index is -0.872. The van der Waals surface area contributed by atoms with Crippen LogP contribution in [0, 0.1) is 0 Å². The Morgan fingerprint density at radius 1 is 1.00 bits per heavy atom. The Morgan fingerprint density at radius 3 is 2.46 bits per heavy atom. The Bertz CT molecular complexity index is 1490. The van der Waals surface area contributed by atoms with Gasteiger partial charge in [-0.2, -0.15) is 0 Å². The first-order valence-corrected chi connectivity index (χ1v) is 13.1. The molecule has 202 valence electrons. The SMILES string of the molecule is CCc1ccc(C(C(=O)NC(C)(C)C)N(Cc2ccc3c(c2)OCO3)C(=O)Cn2nnc3ccccc32)cc1. The van der Waals surface area contributed by atoms with Crippen molar-refractivity contribution in [2.45, 2.75) is 58.8 Å². The smallest absolute Gasteiger partial charge is 0.247 e. The number of aryl methyl sites for hydroxylation is 1. The number of ether oxygens (including phenoxy) is 2. The van der Waals surface area contributed by atoms with Crippen LogP contribution < -0.4 is 14.8 Å². The number of carbonyl (C=O) groups excluding carboxylic acids is 2. The van der Waals surface area contributed by atoms with Gasteiger partial charge in [-0.25, -0.2) is 4.68 Å². The summed E-state index contributed by atoms with van der Waals surface area (Å²) < 4.78 is 12.6. The van der Waals surface area contributed by atoms with Crippen LogP contribution in [0.1, 0.15) is 50.4 Å². The molecule has 3 aromatic carbocycles. The standard InChI is InChI=1S/C30H33N5O4/c1-5-20-10-13-22(14-11-20)28(29(37)31-30(2,3)4)34(17-21-12-15-25-26(16-21)39-19-38-25)27(36)18-35-24-9-7-6-8-23(24)32-33-35/h6-16,28H,5,17-19H2,1-4H3,(H,31,37). The molecule has 4 aromatic rings. The van der Waals surface area contributed by atoms with Crippen LogP contribution in [-0.4, -0.2) is 44.0 Å². The highest BCUT2D eigenvalue weighted by molar-refractivity contribution is 5.89. The summed E-state index contributed by atoms with van der Waals surface area (Å²) in [6, 6.07) is 20.0. The second-order valence-corrected chi connectivity index (χ2v) is 10.7. The molecule has 0 saturated heterocycles. The number of aromatic nitrogens is 3. The number of amides is 2. The lowest BCUT2D eigenvalue weighted by Gasteiger charge is -2.34. The first kappa shape index (κ1) is 26.2. The first-order valence-electron chi connectivity index (χ1n) is 13.1. The number of fused-ring (bicyclic) bond motifs is 2. The molecule has 1 aromatic heterocycles. The second-order valence-electron chi connectivity index (χ2n) is 10.7. The number of carbonyl (C=O) groups is 2. The van der Waals surface area contributed by atoms with Gasteiger partial charge in [0.15, 0.2) is 11.5 Å². The van der Waals surface area contributed by atoms with Crippen molar-refractivity contribution < 1.29 is 19.1 Å². The van der Waals surface area contributed by atoms with E-state index < -0.39 is 11.6 Å². The summed E-state index contributed by atoms with van der Waals surface area (Å²) in [6.45, 7) is 8.12. The topological polar surface area (TPSA) is 98.6 Å². The molecule has 0 aliphatic carbocycles. The molecule has 9 heteroatoms. The molecule has 1 aliphatic rings. The highest BCUT2D eigenvalue weighted by Gasteiger charge is 2.34. The Morgan fingerprint density at radius 2 is 1.72 bits per heavy atom. The summed E-state index contributed by atoms with van der Waals surface area (Å²) in [7, 11) is 0. The van der Waals surface area contributed by atoms with Crippen molar-refractivity contribution in [1.29, 1.82) is 0 Å². The third-order valence-electron chi connectivity index (χ3n) is 6.58. The fraction of sp³-hybridized carbons (Fsp3) is 0.333. The summed E-state index contributed by atoms with van der Waals surface area (Å²) in [5.74, 6) is 0.745. The molecule has 0 saturated carbocycles. The maximum Gasteiger partial charge on any atom is 0.247 e. The van der Waals surface area contributed by atoms with Gasteiger partial charge in [0.2, 0.25) is 18.6 Å². The number of hydrogen-bond acceptors (Lipinski definition) is 6. The summed E-state index contributed by atoms with van der Waals surface area (Å²) in [5, 5.41) is 11.5. The van der Waals surface area contributed by atoms with E-state index in [2.05, 4.69) is 22.6 Å². The van der Waals surface area contributed by atoms with Crippen molar-refractivity contribution in [3.63, 3.8) is 0 Å². The summed E-state index contributed by atoms with van der Waals surface area (Å²) >= 11 is 0. The fourth-order valence-electron chi connectivity index (χ4n) is 4.66. The lowest BCUT2D eigenvalue weighted by Crippen LogP contribution is -2.49. The molecule has 0 radical (unpaired) electrons. The average molecular weight is 528 g/mol. The number of para-hydroxylation sites is 1. The van der Waals surface area contributed by atoms with Crippen LogP contribution in [0.15, 0.2) is 66.7 Å². The largest absolute Gasteiger partial charge is 0.454 e. The maximum atomic E-state index is 14.1. The van der Waals surface area contributed by atoms with E-state index in [0.717, 1.165) is 28.6 Å². The van der Waals surface area contributed by atoms with Crippen molar-refractivity contribution in [3.8, 4) is 11.5 Å². The lowest BCUT2D eigenvalue weighted by molar-refractivity contribution is -0.142. The molecule has 2 amide bonds. The van der Waals surface area contributed by atoms with E-state index in [9.17, 15) is 9.59 Å². The molecule has 0 spiro atoms. The zero-order valence-electron chi connectivity index (χ0n) is 22.7. The van der Waals surface area contributed by atoms with Crippen LogP contribution >= 0.6 is 0 Å². The molecule has 9 nitrogen and oxygen atoms in total. The van der Waals surface area contributed by atoms with Gasteiger partial charge in [0.1, 0.15) is 18.1 Å². The normalized spacial score (nSPS) is 13.3. The van der Waals surface area contributed by atoms with E-state index >= 15 is 0 Å². The molecule has 0 fully saturated rings. The van der Waals surface area contributed by atoms with Gasteiger partial charge in [-0.3, -0.25) is 9.59 Å². The van der Waals surface area contributed by atoms with Gasteiger partial charge in [0.25, 0.3) is 0 Å². The van der Waals surface area contributed by atoms with Crippen LogP contribution in [0.3, 0.4) is 0 Å². The molecule has 2 heterocycles. The summed E-state index contributed by atoms with van der Waals surface area (Å²) in [5.41, 5.74) is 3.65. The van der Waals surface area contributed by atoms with Crippen LogP contribution in [0.4, 0.5) is 0 Å². The van der Waals surface area contributed by atoms with Crippen molar-refractivity contribution in [2.24, 2.45) is 0 Å². The van der Waals surface area contributed by atoms with Gasteiger partial charge in [-0.1, -0.05) is 54.6 Å². The fourth-order valence-corrected chi connectivity index (χ4v) is 4.66. The van der Waals surface area contributed by atoms with Crippen molar-refractivity contribution in [3.05, 3.63) is 83.4 Å². The number of rotatable bonds is 8. The van der Waals surface area contributed by atoms with E-state index in [1.807, 2.05) is 87.5 Å². The maximum absolute atomic E-state index is 14.1. The van der Waals surface area contributed by atoms with E-state index in [1.54, 1.807) is 9.58 Å². The third-order valence-corrected chi connectivity index (χ3v) is 6.58. The van der Waals surface area contributed by atoms with Crippen LogP contribution in [0.2, 0.25) is 0 Å². The number of nitrogens with one attached hydrogen (secondary N) is 1. The van der Waals surface area contributed by atoms with Crippen molar-refractivity contribution in [1.82, 2.24) is 25.2 Å². The van der Waals surface area contributed by atoms with Crippen LogP contribution in [-0.2, 0) is 29.1 Å². The minimum Gasteiger partial charge on any atom is -0.454 e. The van der Waals surface area contributed by atoms with Gasteiger partial charge in [0.05, 0.1) is 5.52 Å². The van der Waals surface area contributed by atoms with Crippen molar-refractivity contribution >= 4 is 22.8 Å². The van der Waals surface area contributed by atoms with Gasteiger partial charge >= 0.3 is 0 Å². The molecule has 1 N–H and O–H groups in total. The Labute approximate surface area is 227 Å². The quantitative estimate of drug-likeness (QED) is 0.365. The Hall–Kier alpha value is -4.40. The molecule has 0 bridgehead atoms. The van der Waals surface area contributed by atoms with Gasteiger partial charge in [-0.05, 0) is 68.1 Å². The van der Waals surface area contributed by atoms with Gasteiger partial charge in [-0.15, -0.1) is 5.10 Å².